The first-order chi connectivity index (χ1) is 6.43. The van der Waals surface area contributed by atoms with Crippen LogP contribution in [0.1, 0.15) is 5.56 Å². The highest BCUT2D eigenvalue weighted by molar-refractivity contribution is 5.13. The zero-order valence-electron chi connectivity index (χ0n) is 7.17. The standard InChI is InChI=1S/C7H9N.H5N5/c8-6-7-4-2-1-3-5-7;1-2-4-5-3-1/h1-5H,6,8H2;1-5H. The summed E-state index contributed by atoms with van der Waals surface area (Å²) in [5, 5.41) is 12.5. The van der Waals surface area contributed by atoms with Crippen molar-refractivity contribution in [1.29, 1.82) is 0 Å². The highest BCUT2D eigenvalue weighted by atomic mass is 15.6. The summed E-state index contributed by atoms with van der Waals surface area (Å²) in [5.74, 6) is 0. The van der Waals surface area contributed by atoms with E-state index in [2.05, 4.69) is 26.1 Å². The lowest BCUT2D eigenvalue weighted by molar-refractivity contribution is 0.881. The Labute approximate surface area is 75.1 Å². The van der Waals surface area contributed by atoms with Crippen LogP contribution in [-0.2, 0) is 6.54 Å². The van der Waals surface area contributed by atoms with Crippen molar-refractivity contribution in [2.45, 2.75) is 6.54 Å². The lowest BCUT2D eigenvalue weighted by atomic mass is 10.2. The first-order valence-corrected chi connectivity index (χ1v) is 3.92. The van der Waals surface area contributed by atoms with E-state index < -0.39 is 0 Å². The van der Waals surface area contributed by atoms with Gasteiger partial charge in [0.25, 0.3) is 0 Å². The summed E-state index contributed by atoms with van der Waals surface area (Å²) >= 11 is 0. The molecule has 72 valence electrons. The van der Waals surface area contributed by atoms with Crippen LogP contribution in [0.15, 0.2) is 30.3 Å². The average molecular weight is 182 g/mol. The molecule has 0 radical (unpaired) electrons. The molecule has 7 N–H and O–H groups in total. The lowest BCUT2D eigenvalue weighted by Crippen LogP contribution is -1.94. The van der Waals surface area contributed by atoms with Crippen LogP contribution in [0.5, 0.6) is 0 Å². The first kappa shape index (κ1) is 9.27. The summed E-state index contributed by atoms with van der Waals surface area (Å²) in [4.78, 5) is 0. The van der Waals surface area contributed by atoms with Crippen LogP contribution in [0.4, 0.5) is 0 Å². The number of benzene rings is 1. The van der Waals surface area contributed by atoms with Crippen molar-refractivity contribution in [1.82, 2.24) is 26.1 Å². The largest absolute Gasteiger partial charge is 0.326 e. The molecule has 0 spiro atoms. The van der Waals surface area contributed by atoms with Gasteiger partial charge in [-0.2, -0.15) is 0 Å². The van der Waals surface area contributed by atoms with Crippen molar-refractivity contribution < 1.29 is 0 Å². The normalized spacial score (nSPS) is 8.69. The molecule has 0 saturated carbocycles. The number of nitrogens with two attached hydrogens (primary N) is 1. The predicted molar refractivity (Wildman–Crippen MR) is 50.2 cm³/mol. The summed E-state index contributed by atoms with van der Waals surface area (Å²) < 4.78 is 0. The van der Waals surface area contributed by atoms with Crippen molar-refractivity contribution in [2.24, 2.45) is 5.73 Å². The molecular formula is C7H14N6. The van der Waals surface area contributed by atoms with Crippen LogP contribution in [-0.4, -0.2) is 26.1 Å². The van der Waals surface area contributed by atoms with Crippen molar-refractivity contribution in [3.05, 3.63) is 35.9 Å². The summed E-state index contributed by atoms with van der Waals surface area (Å²) in [6.07, 6.45) is 0. The van der Waals surface area contributed by atoms with Crippen LogP contribution in [0.2, 0.25) is 0 Å². The van der Waals surface area contributed by atoms with E-state index in [0.29, 0.717) is 6.54 Å². The Balaban J connectivity index is 0.000000145. The maximum absolute atomic E-state index is 5.35. The topological polar surface area (TPSA) is 105 Å². The predicted octanol–water partition coefficient (Wildman–Crippen LogP) is 0.597. The SMILES string of the molecule is NCc1ccccc1.[nH]1[nH][nH][nH][nH]1. The van der Waals surface area contributed by atoms with E-state index in [1.54, 1.807) is 0 Å². The monoisotopic (exact) mass is 182 g/mol. The zero-order chi connectivity index (χ0) is 9.36. The summed E-state index contributed by atoms with van der Waals surface area (Å²) in [6.45, 7) is 0.640. The van der Waals surface area contributed by atoms with Crippen molar-refractivity contribution in [3.63, 3.8) is 0 Å². The molecule has 0 aliphatic rings. The molecule has 0 fully saturated rings. The molecule has 6 heteroatoms. The van der Waals surface area contributed by atoms with Crippen molar-refractivity contribution >= 4 is 0 Å². The van der Waals surface area contributed by atoms with E-state index in [1.165, 1.54) is 5.56 Å². The van der Waals surface area contributed by atoms with Crippen LogP contribution in [0, 0.1) is 0 Å². The Morgan fingerprint density at radius 3 is 1.62 bits per heavy atom. The molecule has 2 aromatic rings. The van der Waals surface area contributed by atoms with Gasteiger partial charge < -0.3 is 5.73 Å². The second-order valence-corrected chi connectivity index (χ2v) is 2.31. The molecule has 2 rings (SSSR count). The maximum atomic E-state index is 5.35. The van der Waals surface area contributed by atoms with E-state index in [0.717, 1.165) is 0 Å². The van der Waals surface area contributed by atoms with Gasteiger partial charge in [0.15, 0.2) is 0 Å². The minimum absolute atomic E-state index is 0.640. The Kier molecular flexibility index (Phi) is 4.12. The van der Waals surface area contributed by atoms with Gasteiger partial charge in [0, 0.05) is 6.54 Å². The molecule has 1 heterocycles. The molecule has 1 aromatic heterocycles. The first-order valence-electron chi connectivity index (χ1n) is 3.92. The van der Waals surface area contributed by atoms with E-state index in [1.807, 2.05) is 30.3 Å². The third kappa shape index (κ3) is 3.92. The Morgan fingerprint density at radius 2 is 1.31 bits per heavy atom. The number of rotatable bonds is 1. The highest BCUT2D eigenvalue weighted by Crippen LogP contribution is 1.94. The Hall–Kier alpha value is -1.82. The molecule has 0 bridgehead atoms. The van der Waals surface area contributed by atoms with E-state index >= 15 is 0 Å². The molecule has 0 aliphatic heterocycles. The molecule has 0 unspecified atom stereocenters. The highest BCUT2D eigenvalue weighted by Gasteiger charge is 1.80. The van der Waals surface area contributed by atoms with Crippen molar-refractivity contribution in [2.75, 3.05) is 0 Å². The van der Waals surface area contributed by atoms with Crippen LogP contribution < -0.4 is 5.73 Å². The quantitative estimate of drug-likeness (QED) is 0.382. The summed E-state index contributed by atoms with van der Waals surface area (Å²) in [7, 11) is 0. The lowest BCUT2D eigenvalue weighted by Gasteiger charge is -1.90. The molecule has 0 amide bonds. The van der Waals surface area contributed by atoms with Gasteiger partial charge in [-0.3, -0.25) is 0 Å². The van der Waals surface area contributed by atoms with Gasteiger partial charge in [-0.1, -0.05) is 30.3 Å². The second-order valence-electron chi connectivity index (χ2n) is 2.31. The van der Waals surface area contributed by atoms with Gasteiger partial charge in [0.2, 0.25) is 0 Å². The number of hydrogen-bond donors (Lipinski definition) is 6. The molecular weight excluding hydrogens is 168 g/mol. The van der Waals surface area contributed by atoms with E-state index in [9.17, 15) is 0 Å². The zero-order valence-corrected chi connectivity index (χ0v) is 7.17. The van der Waals surface area contributed by atoms with Gasteiger partial charge in [0.1, 0.15) is 0 Å². The van der Waals surface area contributed by atoms with Gasteiger partial charge in [-0.25, -0.2) is 26.1 Å². The second kappa shape index (κ2) is 5.78. The molecule has 0 aliphatic carbocycles. The Bertz CT molecular complexity index is 275. The fraction of sp³-hybridized carbons (Fsp3) is 0.143. The van der Waals surface area contributed by atoms with Crippen molar-refractivity contribution in [3.8, 4) is 0 Å². The number of nitrogens with one attached hydrogen (secondary N) is 5. The fourth-order valence-corrected chi connectivity index (χ4v) is 0.770. The van der Waals surface area contributed by atoms with Gasteiger partial charge in [-0.15, -0.1) is 0 Å². The number of aromatic nitrogens is 5. The van der Waals surface area contributed by atoms with Crippen LogP contribution in [0.25, 0.3) is 0 Å². The summed E-state index contributed by atoms with van der Waals surface area (Å²) in [6, 6.07) is 9.99. The number of aromatic amines is 5. The van der Waals surface area contributed by atoms with E-state index in [4.69, 9.17) is 5.73 Å². The molecule has 0 saturated heterocycles. The maximum Gasteiger partial charge on any atom is 0.0178 e. The molecule has 6 nitrogen and oxygen atoms in total. The van der Waals surface area contributed by atoms with Crippen LogP contribution >= 0.6 is 0 Å². The third-order valence-corrected chi connectivity index (χ3v) is 1.39. The van der Waals surface area contributed by atoms with Crippen LogP contribution in [0.3, 0.4) is 0 Å². The Morgan fingerprint density at radius 1 is 0.846 bits per heavy atom. The third-order valence-electron chi connectivity index (χ3n) is 1.39. The van der Waals surface area contributed by atoms with Gasteiger partial charge in [0.05, 0.1) is 0 Å². The number of hydrogen-bond acceptors (Lipinski definition) is 1. The minimum atomic E-state index is 0.640. The number of H-pyrrole nitrogens is 5. The summed E-state index contributed by atoms with van der Waals surface area (Å²) in [5.41, 5.74) is 6.54. The van der Waals surface area contributed by atoms with E-state index in [-0.39, 0.29) is 0 Å². The molecule has 13 heavy (non-hydrogen) atoms. The minimum Gasteiger partial charge on any atom is -0.326 e. The molecule has 0 atom stereocenters. The average Bonchev–Trinajstić information content (AvgIpc) is 2.77. The molecule has 1 aromatic carbocycles. The smallest absolute Gasteiger partial charge is 0.0178 e. The van der Waals surface area contributed by atoms with Gasteiger partial charge >= 0.3 is 0 Å². The fourth-order valence-electron chi connectivity index (χ4n) is 0.770. The van der Waals surface area contributed by atoms with Gasteiger partial charge in [-0.05, 0) is 5.56 Å².